The molecule has 31 heavy (non-hydrogen) atoms. The van der Waals surface area contributed by atoms with Crippen LogP contribution in [0, 0.1) is 0 Å². The average molecular weight is 450 g/mol. The van der Waals surface area contributed by atoms with Crippen molar-refractivity contribution < 1.29 is 33.6 Å². The summed E-state index contributed by atoms with van der Waals surface area (Å²) >= 11 is -4.22. The predicted molar refractivity (Wildman–Crippen MR) is 116 cm³/mol. The van der Waals surface area contributed by atoms with Crippen LogP contribution >= 0.6 is 0 Å². The zero-order valence-corrected chi connectivity index (χ0v) is 19.5. The fourth-order valence-electron chi connectivity index (χ4n) is 5.37. The molecule has 1 heterocycles. The van der Waals surface area contributed by atoms with Gasteiger partial charge in [0, 0.05) is 0 Å². The summed E-state index contributed by atoms with van der Waals surface area (Å²) in [5, 5.41) is 0. The van der Waals surface area contributed by atoms with Crippen molar-refractivity contribution >= 4 is 24.1 Å². The van der Waals surface area contributed by atoms with Crippen molar-refractivity contribution in [2.45, 2.75) is 48.0 Å². The molecule has 5 heteroatoms. The van der Waals surface area contributed by atoms with Gasteiger partial charge in [0.15, 0.2) is 0 Å². The number of carbonyl (C=O) groups is 2. The van der Waals surface area contributed by atoms with Gasteiger partial charge in [-0.2, -0.15) is 0 Å². The van der Waals surface area contributed by atoms with Crippen molar-refractivity contribution in [3.8, 4) is 0 Å². The maximum atomic E-state index is 12.9. The van der Waals surface area contributed by atoms with Crippen LogP contribution in [-0.4, -0.2) is 11.9 Å². The van der Waals surface area contributed by atoms with Gasteiger partial charge < -0.3 is 0 Å². The average Bonchev–Trinajstić information content (AvgIpc) is 3.32. The first kappa shape index (κ1) is 20.5. The first-order valence-corrected chi connectivity index (χ1v) is 14.2. The van der Waals surface area contributed by atoms with E-state index in [1.165, 1.54) is 11.1 Å². The third kappa shape index (κ3) is 3.24. The molecule has 0 spiro atoms. The minimum atomic E-state index is -4.22. The van der Waals surface area contributed by atoms with Crippen molar-refractivity contribution in [2.24, 2.45) is 0 Å². The first-order chi connectivity index (χ1) is 15.1. The van der Waals surface area contributed by atoms with E-state index in [4.69, 9.17) is 6.64 Å². The van der Waals surface area contributed by atoms with E-state index in [0.717, 1.165) is 35.1 Å². The molecule has 1 fully saturated rings. The molecule has 3 aliphatic rings. The van der Waals surface area contributed by atoms with Gasteiger partial charge in [0.05, 0.1) is 0 Å². The second kappa shape index (κ2) is 7.92. The van der Waals surface area contributed by atoms with Crippen LogP contribution in [0.1, 0.15) is 70.2 Å². The Morgan fingerprint density at radius 1 is 0.774 bits per heavy atom. The van der Waals surface area contributed by atoms with Crippen molar-refractivity contribution in [1.29, 1.82) is 0 Å². The molecule has 2 atom stereocenters. The molecule has 5 rings (SSSR count). The Balaban J connectivity index is 1.78. The normalized spacial score (nSPS) is 22.1. The van der Waals surface area contributed by atoms with E-state index in [-0.39, 0.29) is 33.2 Å². The van der Waals surface area contributed by atoms with E-state index in [0.29, 0.717) is 0 Å². The molecule has 0 saturated carbocycles. The summed E-state index contributed by atoms with van der Waals surface area (Å²) in [5.74, 6) is -0.559. The summed E-state index contributed by atoms with van der Waals surface area (Å²) in [6, 6.07) is 16.5. The fraction of sp³-hybridized carbons (Fsp3) is 0.308. The Labute approximate surface area is 187 Å². The topological polar surface area (TPSA) is 52.6 Å². The van der Waals surface area contributed by atoms with Crippen molar-refractivity contribution in [1.82, 2.24) is 0 Å². The molecule has 2 unspecified atom stereocenters. The van der Waals surface area contributed by atoms with Gasteiger partial charge in [-0.25, -0.2) is 0 Å². The molecule has 158 valence electrons. The molecule has 2 aliphatic carbocycles. The number of hydrogen-bond donors (Lipinski definition) is 0. The van der Waals surface area contributed by atoms with Gasteiger partial charge in [0.2, 0.25) is 0 Å². The second-order valence-corrected chi connectivity index (χ2v) is 13.1. The molecular formula is C26H26O4Ti. The Morgan fingerprint density at radius 3 is 1.61 bits per heavy atom. The molecule has 2 aromatic rings. The number of carbonyl (C=O) groups excluding carboxylic acids is 2. The monoisotopic (exact) mass is 450 g/mol. The van der Waals surface area contributed by atoms with Crippen molar-refractivity contribution in [2.75, 3.05) is 0 Å². The molecule has 0 aromatic heterocycles. The third-order valence-electron chi connectivity index (χ3n) is 6.67. The van der Waals surface area contributed by atoms with Gasteiger partial charge in [-0.3, -0.25) is 0 Å². The van der Waals surface area contributed by atoms with Gasteiger partial charge in [0.1, 0.15) is 0 Å². The van der Waals surface area contributed by atoms with Crippen LogP contribution in [0.4, 0.5) is 0 Å². The summed E-state index contributed by atoms with van der Waals surface area (Å²) in [4.78, 5) is 25.7. The minimum absolute atomic E-state index is 0.135. The summed E-state index contributed by atoms with van der Waals surface area (Å²) in [7, 11) is 0. The molecule has 4 nitrogen and oxygen atoms in total. The van der Waals surface area contributed by atoms with E-state index in [2.05, 4.69) is 36.4 Å². The van der Waals surface area contributed by atoms with Crippen LogP contribution in [0.15, 0.2) is 59.7 Å². The Hall–Kier alpha value is -2.43. The standard InChI is InChI=1S/C20H16.2C3H6O2.Ti/c1-2-6-18-12-15(11-17(18)5-1)9-10-16-13-19-7-3-4-8-20(19)14-16;2*1-2-3(4)5;/h1-8,11-14H,9-10H2;2*2H2,1H3,(H,4,5);/q;;;+2/p-2. The van der Waals surface area contributed by atoms with Gasteiger partial charge in [0.25, 0.3) is 0 Å². The van der Waals surface area contributed by atoms with Crippen molar-refractivity contribution in [3.05, 3.63) is 81.9 Å². The molecular weight excluding hydrogens is 424 g/mol. The van der Waals surface area contributed by atoms with Crippen LogP contribution in [0.5, 0.6) is 0 Å². The van der Waals surface area contributed by atoms with E-state index in [1.807, 2.05) is 24.3 Å². The molecule has 2 aromatic carbocycles. The van der Waals surface area contributed by atoms with Crippen LogP contribution < -0.4 is 0 Å². The summed E-state index contributed by atoms with van der Waals surface area (Å²) in [6.45, 7) is 3.60. The molecule has 0 N–H and O–H groups in total. The van der Waals surface area contributed by atoms with Gasteiger partial charge in [-0.15, -0.1) is 0 Å². The second-order valence-electron chi connectivity index (χ2n) is 8.44. The predicted octanol–water partition coefficient (Wildman–Crippen LogP) is 5.95. The molecule has 0 bridgehead atoms. The zero-order chi connectivity index (χ0) is 21.6. The molecule has 1 aliphatic heterocycles. The fourth-order valence-corrected chi connectivity index (χ4v) is 12.8. The van der Waals surface area contributed by atoms with E-state index >= 15 is 0 Å². The Morgan fingerprint density at radius 2 is 1.19 bits per heavy atom. The SMILES string of the molecule is CCC(=O)[O][Ti]1([O]C(=O)CC)[CH]2C(=Cc3ccccc32)CCC2=Cc3ccccc3[CH]21. The number of benzene rings is 2. The van der Waals surface area contributed by atoms with Crippen LogP contribution in [0.2, 0.25) is 0 Å². The molecule has 1 saturated heterocycles. The molecule has 0 amide bonds. The van der Waals surface area contributed by atoms with E-state index < -0.39 is 17.4 Å². The number of allylic oxidation sites excluding steroid dienone is 2. The van der Waals surface area contributed by atoms with E-state index in [9.17, 15) is 9.59 Å². The quantitative estimate of drug-likeness (QED) is 0.541. The number of fused-ring (bicyclic) bond motifs is 6. The Kier molecular flexibility index (Phi) is 5.23. The van der Waals surface area contributed by atoms with Crippen LogP contribution in [0.25, 0.3) is 12.2 Å². The van der Waals surface area contributed by atoms with Crippen LogP contribution in [0.3, 0.4) is 0 Å². The number of rotatable bonds is 4. The van der Waals surface area contributed by atoms with E-state index in [1.54, 1.807) is 13.8 Å². The van der Waals surface area contributed by atoms with Crippen molar-refractivity contribution in [3.63, 3.8) is 0 Å². The van der Waals surface area contributed by atoms with Crippen LogP contribution in [-0.2, 0) is 33.6 Å². The van der Waals surface area contributed by atoms with Gasteiger partial charge in [-0.1, -0.05) is 0 Å². The summed E-state index contributed by atoms with van der Waals surface area (Å²) < 4.78 is 12.6. The van der Waals surface area contributed by atoms with Gasteiger partial charge in [-0.05, 0) is 0 Å². The van der Waals surface area contributed by atoms with Gasteiger partial charge >= 0.3 is 188 Å². The number of hydrogen-bond acceptors (Lipinski definition) is 4. The first-order valence-electron chi connectivity index (χ1n) is 11.1. The third-order valence-corrected chi connectivity index (χ3v) is 13.0. The zero-order valence-electron chi connectivity index (χ0n) is 17.9. The summed E-state index contributed by atoms with van der Waals surface area (Å²) in [5.41, 5.74) is 7.04. The maximum absolute atomic E-state index is 12.9. The molecule has 0 radical (unpaired) electrons. The Bertz CT molecular complexity index is 1040. The summed E-state index contributed by atoms with van der Waals surface area (Å²) in [6.07, 6.45) is 6.75.